The average Bonchev–Trinajstić information content (AvgIpc) is 3.39. The molecule has 1 unspecified atom stereocenters. The molecule has 2 aromatic heterocycles. The molecule has 3 heterocycles. The number of aliphatic hydroxyl groups excluding tert-OH is 2. The number of ether oxygens (including phenoxy) is 1. The van der Waals surface area contributed by atoms with Crippen LogP contribution in [0.3, 0.4) is 0 Å². The SMILES string of the molecule is CC(C)(O)c1ncc(-c2ccc3nc4n(c3c2)[C@@H](c2c(OC(F)F)cccc2C(O)C(F)(F)F)C=C4O)cn1. The highest BCUT2D eigenvalue weighted by Gasteiger charge is 2.43. The maximum Gasteiger partial charge on any atom is 0.418 e. The summed E-state index contributed by atoms with van der Waals surface area (Å²) >= 11 is 0. The molecule has 0 spiro atoms. The van der Waals surface area contributed by atoms with Gasteiger partial charge in [-0.1, -0.05) is 18.2 Å². The first-order chi connectivity index (χ1) is 18.3. The molecular weight excluding hydrogens is 527 g/mol. The highest BCUT2D eigenvalue weighted by Crippen LogP contribution is 2.46. The van der Waals surface area contributed by atoms with Gasteiger partial charge in [-0.15, -0.1) is 0 Å². The number of hydrogen-bond donors (Lipinski definition) is 3. The quantitative estimate of drug-likeness (QED) is 0.276. The maximum absolute atomic E-state index is 13.6. The lowest BCUT2D eigenvalue weighted by atomic mass is 9.94. The lowest BCUT2D eigenvalue weighted by molar-refractivity contribution is -0.207. The number of halogens is 5. The summed E-state index contributed by atoms with van der Waals surface area (Å²) in [6.07, 6.45) is -4.00. The van der Waals surface area contributed by atoms with Crippen molar-refractivity contribution in [3.63, 3.8) is 0 Å². The molecule has 4 aromatic rings. The van der Waals surface area contributed by atoms with Gasteiger partial charge < -0.3 is 24.6 Å². The van der Waals surface area contributed by atoms with Crippen LogP contribution in [0.5, 0.6) is 5.75 Å². The summed E-state index contributed by atoms with van der Waals surface area (Å²) < 4.78 is 73.1. The summed E-state index contributed by atoms with van der Waals surface area (Å²) in [4.78, 5) is 12.7. The Labute approximate surface area is 217 Å². The minimum atomic E-state index is -5.11. The third-order valence-electron chi connectivity index (χ3n) is 6.26. The predicted octanol–water partition coefficient (Wildman–Crippen LogP) is 5.42. The molecule has 1 aliphatic rings. The lowest BCUT2D eigenvalue weighted by Crippen LogP contribution is -2.23. The summed E-state index contributed by atoms with van der Waals surface area (Å²) in [5.74, 6) is -0.811. The molecular formula is C26H21F5N4O4. The molecule has 39 heavy (non-hydrogen) atoms. The number of hydrogen-bond acceptors (Lipinski definition) is 7. The first kappa shape index (κ1) is 26.5. The number of rotatable bonds is 6. The van der Waals surface area contributed by atoms with Crippen molar-refractivity contribution < 1.29 is 42.0 Å². The molecule has 3 N–H and O–H groups in total. The van der Waals surface area contributed by atoms with Crippen LogP contribution in [-0.2, 0) is 5.60 Å². The van der Waals surface area contributed by atoms with Gasteiger partial charge in [-0.2, -0.15) is 22.0 Å². The zero-order chi connectivity index (χ0) is 28.3. The van der Waals surface area contributed by atoms with E-state index in [0.29, 0.717) is 22.2 Å². The van der Waals surface area contributed by atoms with Crippen molar-refractivity contribution in [3.8, 4) is 16.9 Å². The predicted molar refractivity (Wildman–Crippen MR) is 129 cm³/mol. The summed E-state index contributed by atoms with van der Waals surface area (Å²) in [6, 6.07) is 6.73. The van der Waals surface area contributed by atoms with Crippen molar-refractivity contribution in [3.05, 3.63) is 77.6 Å². The number of benzene rings is 2. The molecule has 13 heteroatoms. The molecule has 0 saturated heterocycles. The lowest BCUT2D eigenvalue weighted by Gasteiger charge is -2.24. The number of nitrogens with zero attached hydrogens (tertiary/aromatic N) is 4. The number of fused-ring (bicyclic) bond motifs is 3. The average molecular weight is 548 g/mol. The van der Waals surface area contributed by atoms with Crippen LogP contribution in [-0.4, -0.2) is 47.6 Å². The fourth-order valence-electron chi connectivity index (χ4n) is 4.53. The van der Waals surface area contributed by atoms with E-state index < -0.39 is 53.2 Å². The van der Waals surface area contributed by atoms with Crippen LogP contribution in [0.25, 0.3) is 27.9 Å². The monoisotopic (exact) mass is 548 g/mol. The van der Waals surface area contributed by atoms with Gasteiger partial charge in [0.1, 0.15) is 11.4 Å². The maximum atomic E-state index is 13.6. The fourth-order valence-corrected chi connectivity index (χ4v) is 4.53. The van der Waals surface area contributed by atoms with Crippen LogP contribution < -0.4 is 4.74 Å². The molecule has 2 atom stereocenters. The Morgan fingerprint density at radius 3 is 2.33 bits per heavy atom. The van der Waals surface area contributed by atoms with Gasteiger partial charge in [0.15, 0.2) is 23.5 Å². The molecule has 5 rings (SSSR count). The van der Waals surface area contributed by atoms with Crippen LogP contribution in [0.4, 0.5) is 22.0 Å². The zero-order valence-electron chi connectivity index (χ0n) is 20.4. The standard InChI is InChI=1S/C26H21F5N4O4/c1-25(2,38)23-32-10-13(11-33-23)12-6-7-15-16(8-12)35-17(9-18(36)22(35)34-15)20-14(21(37)26(29,30)31)4-3-5-19(20)39-24(27)28/h3-11,17,21,24,36-38H,1-2H3/t17-,21?/m1/s1. The topological polar surface area (TPSA) is 114 Å². The number of aliphatic hydroxyl groups is 3. The van der Waals surface area contributed by atoms with Gasteiger partial charge in [-0.05, 0) is 49.2 Å². The van der Waals surface area contributed by atoms with Gasteiger partial charge in [0, 0.05) is 23.5 Å². The van der Waals surface area contributed by atoms with Gasteiger partial charge >= 0.3 is 12.8 Å². The van der Waals surface area contributed by atoms with Crippen molar-refractivity contribution in [1.29, 1.82) is 0 Å². The van der Waals surface area contributed by atoms with E-state index in [1.165, 1.54) is 30.8 Å². The largest absolute Gasteiger partial charge is 0.504 e. The second-order valence-corrected chi connectivity index (χ2v) is 9.44. The molecule has 1 aliphatic heterocycles. The van der Waals surface area contributed by atoms with E-state index in [0.717, 1.165) is 24.3 Å². The van der Waals surface area contributed by atoms with E-state index in [-0.39, 0.29) is 11.6 Å². The first-order valence-electron chi connectivity index (χ1n) is 11.6. The van der Waals surface area contributed by atoms with Crippen LogP contribution in [0.2, 0.25) is 0 Å². The van der Waals surface area contributed by atoms with Crippen LogP contribution in [0.1, 0.15) is 48.8 Å². The molecule has 2 aromatic carbocycles. The van der Waals surface area contributed by atoms with Crippen molar-refractivity contribution >= 4 is 16.8 Å². The van der Waals surface area contributed by atoms with Crippen molar-refractivity contribution in [1.82, 2.24) is 19.5 Å². The molecule has 0 saturated carbocycles. The molecule has 0 amide bonds. The zero-order valence-corrected chi connectivity index (χ0v) is 20.4. The highest BCUT2D eigenvalue weighted by molar-refractivity contribution is 5.86. The normalized spacial score (nSPS) is 16.5. The van der Waals surface area contributed by atoms with Gasteiger partial charge in [0.2, 0.25) is 0 Å². The van der Waals surface area contributed by atoms with Crippen molar-refractivity contribution in [2.75, 3.05) is 0 Å². The van der Waals surface area contributed by atoms with E-state index in [1.807, 2.05) is 0 Å². The minimum Gasteiger partial charge on any atom is -0.504 e. The van der Waals surface area contributed by atoms with Crippen molar-refractivity contribution in [2.24, 2.45) is 0 Å². The highest BCUT2D eigenvalue weighted by atomic mass is 19.4. The molecule has 0 aliphatic carbocycles. The Bertz CT molecular complexity index is 1580. The summed E-state index contributed by atoms with van der Waals surface area (Å²) in [6.45, 7) is -0.301. The van der Waals surface area contributed by atoms with Gasteiger partial charge in [-0.25, -0.2) is 15.0 Å². The molecule has 0 fully saturated rings. The van der Waals surface area contributed by atoms with Gasteiger partial charge in [0.05, 0.1) is 17.1 Å². The first-order valence-corrected chi connectivity index (χ1v) is 11.6. The number of aromatic nitrogens is 4. The minimum absolute atomic E-state index is 0.0138. The smallest absolute Gasteiger partial charge is 0.418 e. The Kier molecular flexibility index (Phi) is 6.30. The van der Waals surface area contributed by atoms with Crippen molar-refractivity contribution in [2.45, 2.75) is 44.4 Å². The van der Waals surface area contributed by atoms with E-state index in [2.05, 4.69) is 19.7 Å². The van der Waals surface area contributed by atoms with Crippen LogP contribution >= 0.6 is 0 Å². The van der Waals surface area contributed by atoms with E-state index in [1.54, 1.807) is 18.2 Å². The van der Waals surface area contributed by atoms with E-state index >= 15 is 0 Å². The van der Waals surface area contributed by atoms with E-state index in [4.69, 9.17) is 0 Å². The molecule has 8 nitrogen and oxygen atoms in total. The third-order valence-corrected chi connectivity index (χ3v) is 6.26. The van der Waals surface area contributed by atoms with Crippen LogP contribution in [0, 0.1) is 0 Å². The Balaban J connectivity index is 1.68. The molecule has 204 valence electrons. The Hall–Kier alpha value is -4.10. The number of alkyl halides is 5. The Morgan fingerprint density at radius 1 is 1.03 bits per heavy atom. The number of allylic oxidation sites excluding steroid dienone is 1. The van der Waals surface area contributed by atoms with Gasteiger partial charge in [-0.3, -0.25) is 0 Å². The van der Waals surface area contributed by atoms with E-state index in [9.17, 15) is 37.3 Å². The third kappa shape index (κ3) is 4.79. The fraction of sp³-hybridized carbons (Fsp3) is 0.269. The summed E-state index contributed by atoms with van der Waals surface area (Å²) in [7, 11) is 0. The Morgan fingerprint density at radius 2 is 1.72 bits per heavy atom. The number of imidazole rings is 1. The summed E-state index contributed by atoms with van der Waals surface area (Å²) in [5.41, 5.74) is -0.563. The second kappa shape index (κ2) is 9.27. The molecule has 0 radical (unpaired) electrons. The van der Waals surface area contributed by atoms with Gasteiger partial charge in [0.25, 0.3) is 0 Å². The molecule has 0 bridgehead atoms. The summed E-state index contributed by atoms with van der Waals surface area (Å²) in [5, 5.41) is 30.8. The van der Waals surface area contributed by atoms with Crippen LogP contribution in [0.15, 0.2) is 54.9 Å². The second-order valence-electron chi connectivity index (χ2n) is 9.44.